The first-order valence-electron chi connectivity index (χ1n) is 5.58. The van der Waals surface area contributed by atoms with Crippen LogP contribution in [0.2, 0.25) is 5.02 Å². The Balaban J connectivity index is 2.61. The van der Waals surface area contributed by atoms with E-state index in [1.165, 1.54) is 0 Å². The fourth-order valence-corrected chi connectivity index (χ4v) is 1.75. The second-order valence-electron chi connectivity index (χ2n) is 3.86. The minimum atomic E-state index is -0.457. The molecule has 0 aliphatic rings. The molecule has 5 nitrogen and oxygen atoms in total. The van der Waals surface area contributed by atoms with E-state index < -0.39 is 6.04 Å². The van der Waals surface area contributed by atoms with E-state index in [0.717, 1.165) is 5.56 Å². The topological polar surface area (TPSA) is 87.7 Å². The molecule has 1 aromatic carbocycles. The molecule has 0 aromatic heterocycles. The molecule has 0 spiro atoms. The van der Waals surface area contributed by atoms with E-state index in [0.29, 0.717) is 11.4 Å². The van der Waals surface area contributed by atoms with Crippen LogP contribution in [-0.2, 0) is 11.2 Å². The Bertz CT molecular complexity index is 449. The van der Waals surface area contributed by atoms with Crippen LogP contribution in [0.1, 0.15) is 18.9 Å². The maximum atomic E-state index is 11.8. The average Bonchev–Trinajstić information content (AvgIpc) is 2.35. The number of benzene rings is 1. The second-order valence-corrected chi connectivity index (χ2v) is 4.30. The molecule has 0 aliphatic heterocycles. The molecule has 0 aliphatic carbocycles. The van der Waals surface area contributed by atoms with Crippen molar-refractivity contribution in [2.45, 2.75) is 25.8 Å². The third-order valence-corrected chi connectivity index (χ3v) is 2.70. The van der Waals surface area contributed by atoms with Gasteiger partial charge in [-0.25, -0.2) is 0 Å². The maximum Gasteiger partial charge on any atom is 0.225 e. The highest BCUT2D eigenvalue weighted by Gasteiger charge is 2.14. The molecule has 0 saturated carbocycles. The zero-order valence-electron chi connectivity index (χ0n) is 10.1. The van der Waals surface area contributed by atoms with Gasteiger partial charge in [0.2, 0.25) is 5.91 Å². The summed E-state index contributed by atoms with van der Waals surface area (Å²) in [7, 11) is 0. The lowest BCUT2D eigenvalue weighted by Crippen LogP contribution is -2.44. The number of carbonyl (C=O) groups is 1. The molecule has 0 fully saturated rings. The Morgan fingerprint density at radius 3 is 2.89 bits per heavy atom. The summed E-state index contributed by atoms with van der Waals surface area (Å²) in [6.45, 7) is 1.84. The van der Waals surface area contributed by atoms with Crippen LogP contribution in [0.3, 0.4) is 0 Å². The molecule has 4 N–H and O–H groups in total. The normalized spacial score (nSPS) is 13.1. The summed E-state index contributed by atoms with van der Waals surface area (Å²) in [6, 6.07) is 6.61. The number of carbonyl (C=O) groups excluding carboxylic acids is 1. The molecule has 0 saturated heterocycles. The van der Waals surface area contributed by atoms with E-state index >= 15 is 0 Å². The van der Waals surface area contributed by atoms with Crippen molar-refractivity contribution >= 4 is 23.3 Å². The standard InChI is InChI=1S/C12H16ClN3O2/c1-2-10(12(14)16-18)15-11(17)7-8-4-3-5-9(13)6-8/h3-6,10,18H,2,7H2,1H3,(H2,14,16)(H,15,17). The Labute approximate surface area is 111 Å². The first-order valence-corrected chi connectivity index (χ1v) is 5.95. The molecule has 1 amide bonds. The molecule has 6 heteroatoms. The summed E-state index contributed by atoms with van der Waals surface area (Å²) in [4.78, 5) is 11.8. The van der Waals surface area contributed by atoms with Gasteiger partial charge < -0.3 is 16.3 Å². The quantitative estimate of drug-likeness (QED) is 0.328. The van der Waals surface area contributed by atoms with Crippen LogP contribution in [0.15, 0.2) is 29.4 Å². The largest absolute Gasteiger partial charge is 0.409 e. The minimum absolute atomic E-state index is 0.00283. The average molecular weight is 270 g/mol. The molecule has 1 rings (SSSR count). The highest BCUT2D eigenvalue weighted by molar-refractivity contribution is 6.30. The number of nitrogens with zero attached hydrogens (tertiary/aromatic N) is 1. The van der Waals surface area contributed by atoms with E-state index in [-0.39, 0.29) is 18.2 Å². The van der Waals surface area contributed by atoms with Gasteiger partial charge in [-0.2, -0.15) is 0 Å². The first kappa shape index (κ1) is 14.3. The van der Waals surface area contributed by atoms with Crippen molar-refractivity contribution in [3.05, 3.63) is 34.9 Å². The number of nitrogens with two attached hydrogens (primary N) is 1. The summed E-state index contributed by atoms with van der Waals surface area (Å²) < 4.78 is 0. The fraction of sp³-hybridized carbons (Fsp3) is 0.333. The number of halogens is 1. The van der Waals surface area contributed by atoms with Crippen LogP contribution < -0.4 is 11.1 Å². The van der Waals surface area contributed by atoms with Crippen LogP contribution in [0.25, 0.3) is 0 Å². The zero-order chi connectivity index (χ0) is 13.5. The Kier molecular flexibility index (Phi) is 5.45. The molecular formula is C12H16ClN3O2. The third-order valence-electron chi connectivity index (χ3n) is 2.47. The van der Waals surface area contributed by atoms with Crippen LogP contribution in [0.5, 0.6) is 0 Å². The molecular weight excluding hydrogens is 254 g/mol. The van der Waals surface area contributed by atoms with Crippen molar-refractivity contribution < 1.29 is 10.0 Å². The van der Waals surface area contributed by atoms with Gasteiger partial charge in [0.05, 0.1) is 12.5 Å². The zero-order valence-corrected chi connectivity index (χ0v) is 10.8. The van der Waals surface area contributed by atoms with Crippen molar-refractivity contribution in [3.8, 4) is 0 Å². The van der Waals surface area contributed by atoms with Gasteiger partial charge in [-0.15, -0.1) is 0 Å². The van der Waals surface area contributed by atoms with Crippen LogP contribution in [-0.4, -0.2) is 23.0 Å². The number of hydrogen-bond acceptors (Lipinski definition) is 3. The van der Waals surface area contributed by atoms with Crippen molar-refractivity contribution in [1.29, 1.82) is 0 Å². The van der Waals surface area contributed by atoms with Gasteiger partial charge in [-0.3, -0.25) is 4.79 Å². The van der Waals surface area contributed by atoms with Crippen LogP contribution >= 0.6 is 11.6 Å². The summed E-state index contributed by atoms with van der Waals surface area (Å²) >= 11 is 5.83. The number of amidine groups is 1. The van der Waals surface area contributed by atoms with Gasteiger partial charge in [0.1, 0.15) is 0 Å². The predicted octanol–water partition coefficient (Wildman–Crippen LogP) is 1.52. The highest BCUT2D eigenvalue weighted by Crippen LogP contribution is 2.11. The van der Waals surface area contributed by atoms with Crippen LogP contribution in [0.4, 0.5) is 0 Å². The lowest BCUT2D eigenvalue weighted by molar-refractivity contribution is -0.120. The lowest BCUT2D eigenvalue weighted by Gasteiger charge is -2.15. The number of hydrogen-bond donors (Lipinski definition) is 3. The van der Waals surface area contributed by atoms with E-state index in [4.69, 9.17) is 22.5 Å². The van der Waals surface area contributed by atoms with Crippen molar-refractivity contribution in [2.24, 2.45) is 10.9 Å². The van der Waals surface area contributed by atoms with Gasteiger partial charge in [0.15, 0.2) is 5.84 Å². The minimum Gasteiger partial charge on any atom is -0.409 e. The molecule has 18 heavy (non-hydrogen) atoms. The van der Waals surface area contributed by atoms with Gasteiger partial charge in [-0.05, 0) is 24.1 Å². The number of nitrogens with one attached hydrogen (secondary N) is 1. The van der Waals surface area contributed by atoms with E-state index in [2.05, 4.69) is 10.5 Å². The smallest absolute Gasteiger partial charge is 0.225 e. The van der Waals surface area contributed by atoms with Gasteiger partial charge in [-0.1, -0.05) is 35.8 Å². The molecule has 0 radical (unpaired) electrons. The Hall–Kier alpha value is -1.75. The second kappa shape index (κ2) is 6.86. The van der Waals surface area contributed by atoms with Crippen molar-refractivity contribution in [3.63, 3.8) is 0 Å². The summed E-state index contributed by atoms with van der Waals surface area (Å²) in [6.07, 6.45) is 0.757. The molecule has 1 atom stereocenters. The predicted molar refractivity (Wildman–Crippen MR) is 70.8 cm³/mol. The monoisotopic (exact) mass is 269 g/mol. The van der Waals surface area contributed by atoms with Crippen LogP contribution in [0, 0.1) is 0 Å². The number of amides is 1. The van der Waals surface area contributed by atoms with Crippen molar-refractivity contribution in [1.82, 2.24) is 5.32 Å². The number of oxime groups is 1. The van der Waals surface area contributed by atoms with Gasteiger partial charge in [0.25, 0.3) is 0 Å². The fourth-order valence-electron chi connectivity index (χ4n) is 1.53. The molecule has 98 valence electrons. The Morgan fingerprint density at radius 2 is 2.33 bits per heavy atom. The summed E-state index contributed by atoms with van der Waals surface area (Å²) in [5.41, 5.74) is 6.27. The van der Waals surface area contributed by atoms with Gasteiger partial charge >= 0.3 is 0 Å². The van der Waals surface area contributed by atoms with Gasteiger partial charge in [0, 0.05) is 5.02 Å². The van der Waals surface area contributed by atoms with E-state index in [1.807, 2.05) is 13.0 Å². The molecule has 1 aromatic rings. The lowest BCUT2D eigenvalue weighted by atomic mass is 10.1. The number of rotatable bonds is 5. The van der Waals surface area contributed by atoms with E-state index in [1.54, 1.807) is 18.2 Å². The van der Waals surface area contributed by atoms with E-state index in [9.17, 15) is 4.79 Å². The Morgan fingerprint density at radius 1 is 1.61 bits per heavy atom. The molecule has 1 unspecified atom stereocenters. The SMILES string of the molecule is CCC(NC(=O)Cc1cccc(Cl)c1)C(N)=NO. The summed E-state index contributed by atoms with van der Waals surface area (Å²) in [5, 5.41) is 14.7. The maximum absolute atomic E-state index is 11.8. The first-order chi connectivity index (χ1) is 8.56. The molecule has 0 heterocycles. The molecule has 0 bridgehead atoms. The highest BCUT2D eigenvalue weighted by atomic mass is 35.5. The summed E-state index contributed by atoms with van der Waals surface area (Å²) in [5.74, 6) is -0.201. The third kappa shape index (κ3) is 4.25. The van der Waals surface area contributed by atoms with Crippen molar-refractivity contribution in [2.75, 3.05) is 0 Å².